The van der Waals surface area contributed by atoms with Crippen LogP contribution < -0.4 is 0 Å². The highest BCUT2D eigenvalue weighted by molar-refractivity contribution is 6.08. The average molecular weight is 533 g/mol. The van der Waals surface area contributed by atoms with Crippen molar-refractivity contribution in [1.82, 2.24) is 0 Å². The first-order valence-corrected chi connectivity index (χ1v) is 14.8. The van der Waals surface area contributed by atoms with Gasteiger partial charge < -0.3 is 0 Å². The normalized spacial score (nSPS) is 15.8. The summed E-state index contributed by atoms with van der Waals surface area (Å²) in [5.41, 5.74) is 17.2. The molecule has 0 amide bonds. The Bertz CT molecular complexity index is 1980. The third-order valence-electron chi connectivity index (χ3n) is 9.58. The van der Waals surface area contributed by atoms with Gasteiger partial charge in [-0.2, -0.15) is 0 Å². The smallest absolute Gasteiger partial charge is 0.0622 e. The summed E-state index contributed by atoms with van der Waals surface area (Å²) in [7, 11) is 0. The van der Waals surface area contributed by atoms with Gasteiger partial charge in [0.15, 0.2) is 0 Å². The molecule has 0 fully saturated rings. The molecule has 0 aromatic heterocycles. The van der Waals surface area contributed by atoms with Gasteiger partial charge in [-0.25, -0.2) is 0 Å². The topological polar surface area (TPSA) is 0 Å². The van der Waals surface area contributed by atoms with Gasteiger partial charge in [-0.3, -0.25) is 0 Å². The van der Waals surface area contributed by atoms with Gasteiger partial charge in [0.2, 0.25) is 0 Å². The second kappa shape index (κ2) is 8.90. The number of hydrogen-bond acceptors (Lipinski definition) is 0. The van der Waals surface area contributed by atoms with Crippen molar-refractivity contribution in [3.63, 3.8) is 0 Å². The molecule has 0 saturated heterocycles. The summed E-state index contributed by atoms with van der Waals surface area (Å²) in [5, 5.41) is 0. The molecule has 9 rings (SSSR count). The van der Waals surface area contributed by atoms with E-state index in [9.17, 15) is 0 Å². The molecule has 0 N–H and O–H groups in total. The Morgan fingerprint density at radius 2 is 0.810 bits per heavy atom. The maximum absolute atomic E-state index is 2.61. The van der Waals surface area contributed by atoms with Crippen LogP contribution in [0, 0.1) is 0 Å². The van der Waals surface area contributed by atoms with Crippen LogP contribution in [0.5, 0.6) is 0 Å². The monoisotopic (exact) mass is 532 g/mol. The summed E-state index contributed by atoms with van der Waals surface area (Å²) in [6.07, 6.45) is 2.61. The van der Waals surface area contributed by atoms with Crippen LogP contribution >= 0.6 is 0 Å². The van der Waals surface area contributed by atoms with Gasteiger partial charge in [0.1, 0.15) is 0 Å². The van der Waals surface area contributed by atoms with Gasteiger partial charge in [0.05, 0.1) is 5.41 Å². The van der Waals surface area contributed by atoms with E-state index in [0.29, 0.717) is 0 Å². The molecule has 0 nitrogen and oxygen atoms in total. The summed E-state index contributed by atoms with van der Waals surface area (Å²) in [6, 6.07) is 58.4. The minimum atomic E-state index is -0.401. The van der Waals surface area contributed by atoms with E-state index < -0.39 is 5.41 Å². The lowest BCUT2D eigenvalue weighted by molar-refractivity contribution is 0.874. The third-order valence-corrected chi connectivity index (χ3v) is 9.58. The van der Waals surface area contributed by atoms with E-state index in [-0.39, 0.29) is 5.92 Å². The zero-order valence-electron chi connectivity index (χ0n) is 23.2. The van der Waals surface area contributed by atoms with Gasteiger partial charge in [-0.05, 0) is 72.4 Å². The van der Waals surface area contributed by atoms with E-state index in [1.165, 1.54) is 72.4 Å². The number of benzene rings is 6. The van der Waals surface area contributed by atoms with E-state index in [4.69, 9.17) is 0 Å². The predicted molar refractivity (Wildman–Crippen MR) is 174 cm³/mol. The molecule has 6 aromatic carbocycles. The van der Waals surface area contributed by atoms with Crippen molar-refractivity contribution in [2.75, 3.05) is 0 Å². The molecule has 0 atom stereocenters. The van der Waals surface area contributed by atoms with E-state index in [1.54, 1.807) is 0 Å². The van der Waals surface area contributed by atoms with Crippen LogP contribution in [0.2, 0.25) is 0 Å². The first kappa shape index (κ1) is 23.5. The third kappa shape index (κ3) is 3.07. The Hall–Kier alpha value is -5.20. The van der Waals surface area contributed by atoms with Gasteiger partial charge in [-0.15, -0.1) is 0 Å². The van der Waals surface area contributed by atoms with Gasteiger partial charge >= 0.3 is 0 Å². The van der Waals surface area contributed by atoms with E-state index in [0.717, 1.165) is 0 Å². The summed E-state index contributed by atoms with van der Waals surface area (Å²) in [4.78, 5) is 0. The van der Waals surface area contributed by atoms with Gasteiger partial charge in [0, 0.05) is 5.92 Å². The summed E-state index contributed by atoms with van der Waals surface area (Å²) in [6.45, 7) is 0. The molecular formula is C42H28. The van der Waals surface area contributed by atoms with Gasteiger partial charge in [-0.1, -0.05) is 164 Å². The van der Waals surface area contributed by atoms with Crippen molar-refractivity contribution >= 4 is 11.1 Å². The molecule has 3 aliphatic carbocycles. The Kier molecular flexibility index (Phi) is 4.98. The van der Waals surface area contributed by atoms with Crippen molar-refractivity contribution in [2.45, 2.75) is 11.3 Å². The maximum atomic E-state index is 2.61. The standard InChI is InChI=1S/C42H28/c1-3-15-28(16-4-1)36-27-42(37-25-13-11-21-32(37)33-22-12-14-26-38(33)42)41(29-17-5-2-6-18-29)40(36)39-34-23-9-7-19-30(34)31-20-8-10-24-35(31)39/h1-27,39H. The Morgan fingerprint density at radius 3 is 1.36 bits per heavy atom. The Morgan fingerprint density at radius 1 is 0.381 bits per heavy atom. The Labute approximate surface area is 247 Å². The van der Waals surface area contributed by atoms with E-state index >= 15 is 0 Å². The summed E-state index contributed by atoms with van der Waals surface area (Å²) < 4.78 is 0. The molecule has 0 bridgehead atoms. The van der Waals surface area contributed by atoms with Crippen LogP contribution in [-0.4, -0.2) is 0 Å². The molecule has 0 heteroatoms. The lowest BCUT2D eigenvalue weighted by atomic mass is 9.70. The molecule has 0 radical (unpaired) electrons. The predicted octanol–water partition coefficient (Wildman–Crippen LogP) is 10.3. The molecule has 0 saturated carbocycles. The Balaban J connectivity index is 1.48. The second-order valence-corrected chi connectivity index (χ2v) is 11.6. The van der Waals surface area contributed by atoms with Crippen molar-refractivity contribution in [1.29, 1.82) is 0 Å². The van der Waals surface area contributed by atoms with Crippen LogP contribution in [-0.2, 0) is 5.41 Å². The molecule has 0 heterocycles. The molecule has 0 unspecified atom stereocenters. The fraction of sp³-hybridized carbons (Fsp3) is 0.0476. The van der Waals surface area contributed by atoms with Crippen molar-refractivity contribution < 1.29 is 0 Å². The second-order valence-electron chi connectivity index (χ2n) is 11.6. The molecule has 0 aliphatic heterocycles. The average Bonchev–Trinajstić information content (AvgIpc) is 3.69. The van der Waals surface area contributed by atoms with Crippen molar-refractivity contribution in [2.24, 2.45) is 0 Å². The molecular weight excluding hydrogens is 504 g/mol. The minimum Gasteiger partial charge on any atom is -0.0622 e. The van der Waals surface area contributed by atoms with E-state index in [2.05, 4.69) is 164 Å². The highest BCUT2D eigenvalue weighted by atomic mass is 14.5. The lowest BCUT2D eigenvalue weighted by Crippen LogP contribution is -2.23. The molecule has 1 spiro atoms. The molecule has 6 aromatic rings. The highest BCUT2D eigenvalue weighted by Crippen LogP contribution is 2.65. The quantitative estimate of drug-likeness (QED) is 0.213. The first-order valence-electron chi connectivity index (χ1n) is 14.8. The molecule has 42 heavy (non-hydrogen) atoms. The van der Waals surface area contributed by atoms with Crippen molar-refractivity contribution in [3.8, 4) is 22.3 Å². The fourth-order valence-corrected chi connectivity index (χ4v) is 8.02. The lowest BCUT2D eigenvalue weighted by Gasteiger charge is -2.31. The number of allylic oxidation sites excluding steroid dienone is 4. The number of rotatable bonds is 3. The number of hydrogen-bond donors (Lipinski definition) is 0. The van der Waals surface area contributed by atoms with Crippen LogP contribution in [0.4, 0.5) is 0 Å². The summed E-state index contributed by atoms with van der Waals surface area (Å²) >= 11 is 0. The van der Waals surface area contributed by atoms with E-state index in [1.807, 2.05) is 0 Å². The summed E-state index contributed by atoms with van der Waals surface area (Å²) in [5.74, 6) is 0.123. The van der Waals surface area contributed by atoms with Crippen LogP contribution in [0.1, 0.15) is 39.3 Å². The van der Waals surface area contributed by atoms with Gasteiger partial charge in [0.25, 0.3) is 0 Å². The molecule has 3 aliphatic rings. The minimum absolute atomic E-state index is 0.123. The first-order chi connectivity index (χ1) is 20.9. The van der Waals surface area contributed by atoms with Crippen LogP contribution in [0.25, 0.3) is 33.4 Å². The SMILES string of the molecule is C1=C(c2ccccc2)C(C2c3ccccc3-c3ccccc32)=C(c2ccccc2)C12c1ccccc1-c1ccccc12. The molecule has 196 valence electrons. The fourth-order valence-electron chi connectivity index (χ4n) is 8.02. The van der Waals surface area contributed by atoms with Crippen molar-refractivity contribution in [3.05, 3.63) is 203 Å². The van der Waals surface area contributed by atoms with Crippen LogP contribution in [0.3, 0.4) is 0 Å². The zero-order valence-corrected chi connectivity index (χ0v) is 23.2. The zero-order chi connectivity index (χ0) is 27.7. The van der Waals surface area contributed by atoms with Crippen LogP contribution in [0.15, 0.2) is 169 Å². The highest BCUT2D eigenvalue weighted by Gasteiger charge is 2.51. The number of fused-ring (bicyclic) bond motifs is 8. The maximum Gasteiger partial charge on any atom is 0.0662 e. The largest absolute Gasteiger partial charge is 0.0662 e.